The molecule has 0 atom stereocenters. The van der Waals surface area contributed by atoms with Gasteiger partial charge in [0, 0.05) is 48.7 Å². The zero-order chi connectivity index (χ0) is 14.8. The smallest absolute Gasteiger partial charge is 0.251 e. The minimum absolute atomic E-state index is 0.0838. The van der Waals surface area contributed by atoms with Crippen molar-refractivity contribution in [2.75, 3.05) is 6.54 Å². The standard InChI is InChI=1S/C16H16N4O/c1-3-17-16(21)11-4-7-18-14(10-11)12-5-8-19-15-13(12)6-9-20(15)2/h4-10H,3H2,1-2H3,(H,17,21). The molecule has 0 unspecified atom stereocenters. The lowest BCUT2D eigenvalue weighted by Gasteiger charge is -2.06. The van der Waals surface area contributed by atoms with Crippen LogP contribution >= 0.6 is 0 Å². The Kier molecular flexibility index (Phi) is 3.39. The van der Waals surface area contributed by atoms with Gasteiger partial charge >= 0.3 is 0 Å². The van der Waals surface area contributed by atoms with Gasteiger partial charge in [-0.1, -0.05) is 0 Å². The molecule has 3 heterocycles. The fourth-order valence-electron chi connectivity index (χ4n) is 2.37. The molecule has 0 saturated heterocycles. The van der Waals surface area contributed by atoms with Crippen molar-refractivity contribution in [1.82, 2.24) is 19.9 Å². The molecule has 0 aliphatic rings. The lowest BCUT2D eigenvalue weighted by atomic mass is 10.1. The van der Waals surface area contributed by atoms with Crippen LogP contribution in [-0.2, 0) is 7.05 Å². The van der Waals surface area contributed by atoms with Gasteiger partial charge in [0.25, 0.3) is 5.91 Å². The maximum Gasteiger partial charge on any atom is 0.251 e. The highest BCUT2D eigenvalue weighted by Gasteiger charge is 2.11. The molecule has 21 heavy (non-hydrogen) atoms. The van der Waals surface area contributed by atoms with Crippen molar-refractivity contribution >= 4 is 16.9 Å². The van der Waals surface area contributed by atoms with Gasteiger partial charge in [-0.05, 0) is 31.2 Å². The van der Waals surface area contributed by atoms with Crippen molar-refractivity contribution in [2.24, 2.45) is 7.05 Å². The highest BCUT2D eigenvalue weighted by atomic mass is 16.1. The predicted octanol–water partition coefficient (Wildman–Crippen LogP) is 2.39. The number of rotatable bonds is 3. The number of aryl methyl sites for hydroxylation is 1. The molecule has 0 radical (unpaired) electrons. The van der Waals surface area contributed by atoms with Gasteiger partial charge in [0.1, 0.15) is 5.65 Å². The molecule has 0 aliphatic heterocycles. The Morgan fingerprint density at radius 1 is 1.24 bits per heavy atom. The summed E-state index contributed by atoms with van der Waals surface area (Å²) in [4.78, 5) is 20.7. The van der Waals surface area contributed by atoms with E-state index >= 15 is 0 Å². The van der Waals surface area contributed by atoms with Crippen LogP contribution in [0.25, 0.3) is 22.3 Å². The molecule has 0 aromatic carbocycles. The summed E-state index contributed by atoms with van der Waals surface area (Å²) in [6.07, 6.45) is 5.39. The number of hydrogen-bond donors (Lipinski definition) is 1. The second kappa shape index (κ2) is 5.36. The third-order valence-corrected chi connectivity index (χ3v) is 3.40. The van der Waals surface area contributed by atoms with Crippen LogP contribution in [0.5, 0.6) is 0 Å². The number of amides is 1. The first-order chi connectivity index (χ1) is 10.2. The molecule has 0 bridgehead atoms. The molecule has 0 fully saturated rings. The number of nitrogens with zero attached hydrogens (tertiary/aromatic N) is 3. The molecule has 3 aromatic rings. The minimum Gasteiger partial charge on any atom is -0.352 e. The van der Waals surface area contributed by atoms with E-state index in [1.165, 1.54) is 0 Å². The first-order valence-electron chi connectivity index (χ1n) is 6.85. The van der Waals surface area contributed by atoms with Crippen molar-refractivity contribution in [3.8, 4) is 11.3 Å². The average Bonchev–Trinajstić information content (AvgIpc) is 2.89. The molecular formula is C16H16N4O. The summed E-state index contributed by atoms with van der Waals surface area (Å²) < 4.78 is 1.96. The lowest BCUT2D eigenvalue weighted by molar-refractivity contribution is 0.0956. The van der Waals surface area contributed by atoms with E-state index in [0.29, 0.717) is 12.1 Å². The van der Waals surface area contributed by atoms with Gasteiger partial charge in [-0.3, -0.25) is 9.78 Å². The topological polar surface area (TPSA) is 59.8 Å². The Morgan fingerprint density at radius 2 is 2.05 bits per heavy atom. The number of aromatic nitrogens is 3. The van der Waals surface area contributed by atoms with E-state index in [0.717, 1.165) is 22.3 Å². The normalized spacial score (nSPS) is 10.8. The van der Waals surface area contributed by atoms with Crippen LogP contribution in [0.3, 0.4) is 0 Å². The van der Waals surface area contributed by atoms with Gasteiger partial charge in [-0.15, -0.1) is 0 Å². The maximum atomic E-state index is 11.9. The summed E-state index contributed by atoms with van der Waals surface area (Å²) in [7, 11) is 1.96. The highest BCUT2D eigenvalue weighted by molar-refractivity contribution is 5.97. The second-order valence-corrected chi connectivity index (χ2v) is 4.81. The minimum atomic E-state index is -0.0838. The van der Waals surface area contributed by atoms with E-state index in [2.05, 4.69) is 15.3 Å². The lowest BCUT2D eigenvalue weighted by Crippen LogP contribution is -2.22. The van der Waals surface area contributed by atoms with Crippen LogP contribution in [0, 0.1) is 0 Å². The Balaban J connectivity index is 2.11. The molecule has 1 N–H and O–H groups in total. The fourth-order valence-corrected chi connectivity index (χ4v) is 2.37. The molecule has 3 aromatic heterocycles. The molecule has 5 nitrogen and oxygen atoms in total. The largest absolute Gasteiger partial charge is 0.352 e. The SMILES string of the molecule is CCNC(=O)c1ccnc(-c2ccnc3c2ccn3C)c1. The number of nitrogens with one attached hydrogen (secondary N) is 1. The first-order valence-corrected chi connectivity index (χ1v) is 6.85. The molecule has 0 aliphatic carbocycles. The van der Waals surface area contributed by atoms with Gasteiger partial charge in [0.05, 0.1) is 5.69 Å². The van der Waals surface area contributed by atoms with Gasteiger partial charge in [-0.2, -0.15) is 0 Å². The van der Waals surface area contributed by atoms with Crippen LogP contribution in [0.2, 0.25) is 0 Å². The third kappa shape index (κ3) is 2.38. The monoisotopic (exact) mass is 280 g/mol. The number of carbonyl (C=O) groups is 1. The summed E-state index contributed by atoms with van der Waals surface area (Å²) in [6.45, 7) is 2.51. The van der Waals surface area contributed by atoms with E-state index in [9.17, 15) is 4.79 Å². The second-order valence-electron chi connectivity index (χ2n) is 4.81. The maximum absolute atomic E-state index is 11.9. The number of hydrogen-bond acceptors (Lipinski definition) is 3. The number of carbonyl (C=O) groups excluding carboxylic acids is 1. The third-order valence-electron chi connectivity index (χ3n) is 3.40. The molecule has 5 heteroatoms. The molecule has 0 spiro atoms. The van der Waals surface area contributed by atoms with Gasteiger partial charge in [0.2, 0.25) is 0 Å². The Bertz CT molecular complexity index is 807. The van der Waals surface area contributed by atoms with Crippen molar-refractivity contribution in [3.05, 3.63) is 48.4 Å². The molecule has 3 rings (SSSR count). The number of fused-ring (bicyclic) bond motifs is 1. The number of pyridine rings is 2. The molecule has 1 amide bonds. The van der Waals surface area contributed by atoms with Gasteiger partial charge < -0.3 is 9.88 Å². The zero-order valence-corrected chi connectivity index (χ0v) is 12.0. The van der Waals surface area contributed by atoms with Crippen molar-refractivity contribution in [1.29, 1.82) is 0 Å². The van der Waals surface area contributed by atoms with Crippen molar-refractivity contribution in [3.63, 3.8) is 0 Å². The predicted molar refractivity (Wildman–Crippen MR) is 82.0 cm³/mol. The molecule has 106 valence electrons. The van der Waals surface area contributed by atoms with E-state index in [-0.39, 0.29) is 5.91 Å². The van der Waals surface area contributed by atoms with Crippen LogP contribution in [-0.4, -0.2) is 27.0 Å². The van der Waals surface area contributed by atoms with Crippen LogP contribution in [0.15, 0.2) is 42.9 Å². The van der Waals surface area contributed by atoms with E-state index in [1.807, 2.05) is 42.9 Å². The van der Waals surface area contributed by atoms with Crippen LogP contribution < -0.4 is 5.32 Å². The summed E-state index contributed by atoms with van der Waals surface area (Å²) in [5.41, 5.74) is 3.27. The van der Waals surface area contributed by atoms with Gasteiger partial charge in [0.15, 0.2) is 0 Å². The highest BCUT2D eigenvalue weighted by Crippen LogP contribution is 2.26. The van der Waals surface area contributed by atoms with E-state index in [1.54, 1.807) is 18.5 Å². The van der Waals surface area contributed by atoms with Crippen LogP contribution in [0.4, 0.5) is 0 Å². The Labute approximate surface area is 122 Å². The summed E-state index contributed by atoms with van der Waals surface area (Å²) in [6, 6.07) is 7.47. The summed E-state index contributed by atoms with van der Waals surface area (Å²) >= 11 is 0. The molecule has 0 saturated carbocycles. The Morgan fingerprint density at radius 3 is 2.86 bits per heavy atom. The molecular weight excluding hydrogens is 264 g/mol. The van der Waals surface area contributed by atoms with E-state index in [4.69, 9.17) is 0 Å². The Hall–Kier alpha value is -2.69. The summed E-state index contributed by atoms with van der Waals surface area (Å²) in [5, 5.41) is 3.83. The van der Waals surface area contributed by atoms with E-state index < -0.39 is 0 Å². The van der Waals surface area contributed by atoms with Crippen molar-refractivity contribution < 1.29 is 4.79 Å². The van der Waals surface area contributed by atoms with Crippen LogP contribution in [0.1, 0.15) is 17.3 Å². The summed E-state index contributed by atoms with van der Waals surface area (Å²) in [5.74, 6) is -0.0838. The first kappa shape index (κ1) is 13.3. The zero-order valence-electron chi connectivity index (χ0n) is 12.0. The van der Waals surface area contributed by atoms with Gasteiger partial charge in [-0.25, -0.2) is 4.98 Å². The van der Waals surface area contributed by atoms with Crippen molar-refractivity contribution in [2.45, 2.75) is 6.92 Å². The average molecular weight is 280 g/mol. The quantitative estimate of drug-likeness (QED) is 0.801. The fraction of sp³-hybridized carbons (Fsp3) is 0.188.